The lowest BCUT2D eigenvalue weighted by molar-refractivity contribution is -0.117. The fourth-order valence-corrected chi connectivity index (χ4v) is 7.62. The highest BCUT2D eigenvalue weighted by Gasteiger charge is 2.21. The Morgan fingerprint density at radius 3 is 2.30 bits per heavy atom. The molecule has 1 fully saturated rings. The summed E-state index contributed by atoms with van der Waals surface area (Å²) in [4.78, 5) is 23.3. The van der Waals surface area contributed by atoms with Gasteiger partial charge in [0.25, 0.3) is 0 Å². The highest BCUT2D eigenvalue weighted by molar-refractivity contribution is 7.90. The Balaban J connectivity index is 1.24. The molecule has 46 heavy (non-hydrogen) atoms. The van der Waals surface area contributed by atoms with Crippen LogP contribution in [-0.2, 0) is 20.4 Å². The summed E-state index contributed by atoms with van der Waals surface area (Å²) in [5.74, 6) is -0.193. The van der Waals surface area contributed by atoms with Gasteiger partial charge in [0, 0.05) is 52.4 Å². The quantitative estimate of drug-likeness (QED) is 0.179. The van der Waals surface area contributed by atoms with Gasteiger partial charge in [-0.3, -0.25) is 9.69 Å². The molecule has 1 saturated heterocycles. The molecular formula is C37H34N4O4S. The molecule has 0 aliphatic carbocycles. The molecule has 0 radical (unpaired) electrons. The van der Waals surface area contributed by atoms with Gasteiger partial charge in [-0.05, 0) is 65.9 Å². The zero-order valence-corrected chi connectivity index (χ0v) is 26.0. The molecule has 6 aromatic rings. The number of amides is 1. The molecule has 0 atom stereocenters. The van der Waals surface area contributed by atoms with Crippen LogP contribution in [0.4, 0.5) is 5.69 Å². The Kier molecular flexibility index (Phi) is 8.12. The summed E-state index contributed by atoms with van der Waals surface area (Å²) in [7, 11) is -3.52. The second-order valence-electron chi connectivity index (χ2n) is 11.8. The van der Waals surface area contributed by atoms with E-state index in [0.717, 1.165) is 44.2 Å². The number of benzene rings is 4. The molecule has 0 bridgehead atoms. The first-order valence-electron chi connectivity index (χ1n) is 15.4. The summed E-state index contributed by atoms with van der Waals surface area (Å²) in [6.45, 7) is 1.72. The van der Waals surface area contributed by atoms with E-state index in [1.807, 2.05) is 66.9 Å². The predicted octanol–water partition coefficient (Wildman–Crippen LogP) is 6.42. The number of hydrogen-bond acceptors (Lipinski definition) is 6. The van der Waals surface area contributed by atoms with E-state index < -0.39 is 9.84 Å². The molecule has 0 unspecified atom stereocenters. The maximum absolute atomic E-state index is 13.2. The minimum atomic E-state index is -3.52. The van der Waals surface area contributed by atoms with E-state index in [0.29, 0.717) is 48.6 Å². The molecule has 8 nitrogen and oxygen atoms in total. The third-order valence-corrected chi connectivity index (χ3v) is 10.3. The second kappa shape index (κ2) is 12.5. The molecule has 1 aliphatic heterocycles. The molecule has 9 heteroatoms. The molecule has 7 rings (SSSR count). The number of pyridine rings is 1. The van der Waals surface area contributed by atoms with Crippen molar-refractivity contribution in [1.29, 1.82) is 0 Å². The van der Waals surface area contributed by atoms with Gasteiger partial charge in [-0.25, -0.2) is 13.4 Å². The minimum Gasteiger partial charge on any atom is -0.393 e. The number of piperidine rings is 1. The van der Waals surface area contributed by atoms with Crippen molar-refractivity contribution >= 4 is 43.4 Å². The van der Waals surface area contributed by atoms with Gasteiger partial charge in [0.05, 0.1) is 23.3 Å². The first-order chi connectivity index (χ1) is 22.3. The topological polar surface area (TPSA) is 115 Å². The molecule has 0 spiro atoms. The average molecular weight is 631 g/mol. The molecule has 1 amide bonds. The lowest BCUT2D eigenvalue weighted by atomic mass is 9.92. The van der Waals surface area contributed by atoms with Crippen LogP contribution < -0.4 is 5.32 Å². The van der Waals surface area contributed by atoms with Crippen molar-refractivity contribution in [3.8, 4) is 22.3 Å². The van der Waals surface area contributed by atoms with Crippen molar-refractivity contribution in [3.05, 3.63) is 115 Å². The van der Waals surface area contributed by atoms with Gasteiger partial charge >= 0.3 is 0 Å². The number of fused-ring (bicyclic) bond motifs is 3. The second-order valence-corrected chi connectivity index (χ2v) is 13.8. The van der Waals surface area contributed by atoms with Crippen molar-refractivity contribution in [1.82, 2.24) is 14.9 Å². The van der Waals surface area contributed by atoms with Crippen LogP contribution in [0.5, 0.6) is 0 Å². The molecule has 2 aromatic heterocycles. The van der Waals surface area contributed by atoms with Crippen LogP contribution in [0, 0.1) is 0 Å². The number of aromatic nitrogens is 2. The number of aromatic amines is 1. The summed E-state index contributed by atoms with van der Waals surface area (Å²) < 4.78 is 26.4. The van der Waals surface area contributed by atoms with Gasteiger partial charge in [-0.2, -0.15) is 0 Å². The van der Waals surface area contributed by atoms with Crippen LogP contribution in [0.1, 0.15) is 18.4 Å². The zero-order chi connectivity index (χ0) is 31.7. The fourth-order valence-electron chi connectivity index (χ4n) is 6.26. The largest absolute Gasteiger partial charge is 0.393 e. The minimum absolute atomic E-state index is 0.0823. The number of carbonyl (C=O) groups excluding carboxylic acids is 1. The van der Waals surface area contributed by atoms with Crippen molar-refractivity contribution in [2.24, 2.45) is 0 Å². The number of anilines is 1. The number of H-pyrrole nitrogens is 1. The molecular weight excluding hydrogens is 596 g/mol. The SMILES string of the molecule is O=C(CN1CCC(O)CC1)Nc1ccc(-c2cnc3[nH]c4ccc(CS(=O)(=O)c5ccccc5)cc4c3c2-c2ccccc2)cc1. The highest BCUT2D eigenvalue weighted by atomic mass is 32.2. The lowest BCUT2D eigenvalue weighted by Gasteiger charge is -2.28. The third-order valence-electron chi connectivity index (χ3n) is 8.61. The van der Waals surface area contributed by atoms with Gasteiger partial charge in [-0.1, -0.05) is 66.7 Å². The first-order valence-corrected chi connectivity index (χ1v) is 17.1. The number of nitrogens with one attached hydrogen (secondary N) is 2. The van der Waals surface area contributed by atoms with Crippen molar-refractivity contribution in [2.75, 3.05) is 25.0 Å². The van der Waals surface area contributed by atoms with Gasteiger partial charge in [0.1, 0.15) is 5.65 Å². The maximum atomic E-state index is 13.2. The lowest BCUT2D eigenvalue weighted by Crippen LogP contribution is -2.40. The Morgan fingerprint density at radius 2 is 1.59 bits per heavy atom. The summed E-state index contributed by atoms with van der Waals surface area (Å²) >= 11 is 0. The van der Waals surface area contributed by atoms with E-state index in [1.165, 1.54) is 0 Å². The summed E-state index contributed by atoms with van der Waals surface area (Å²) in [6.07, 6.45) is 2.96. The van der Waals surface area contributed by atoms with Crippen molar-refractivity contribution in [2.45, 2.75) is 29.6 Å². The molecule has 0 saturated carbocycles. The predicted molar refractivity (Wildman–Crippen MR) is 182 cm³/mol. The Bertz CT molecular complexity index is 2120. The van der Waals surface area contributed by atoms with Crippen molar-refractivity contribution in [3.63, 3.8) is 0 Å². The maximum Gasteiger partial charge on any atom is 0.238 e. The number of nitrogens with zero attached hydrogens (tertiary/aromatic N) is 2. The smallest absolute Gasteiger partial charge is 0.238 e. The van der Waals surface area contributed by atoms with Gasteiger partial charge in [0.15, 0.2) is 9.84 Å². The summed E-state index contributed by atoms with van der Waals surface area (Å²) in [6, 6.07) is 32.1. The molecule has 1 aliphatic rings. The van der Waals surface area contributed by atoms with Crippen LogP contribution >= 0.6 is 0 Å². The van der Waals surface area contributed by atoms with Crippen LogP contribution in [0.25, 0.3) is 44.2 Å². The number of aliphatic hydroxyl groups excluding tert-OH is 1. The Hall–Kier alpha value is -4.83. The van der Waals surface area contributed by atoms with Crippen LogP contribution in [0.2, 0.25) is 0 Å². The van der Waals surface area contributed by atoms with Crippen LogP contribution in [-0.4, -0.2) is 60.0 Å². The normalized spacial score (nSPS) is 14.5. The average Bonchev–Trinajstić information content (AvgIpc) is 3.44. The monoisotopic (exact) mass is 630 g/mol. The summed E-state index contributed by atoms with van der Waals surface area (Å²) in [5, 5.41) is 14.6. The fraction of sp³-hybridized carbons (Fsp3) is 0.189. The Morgan fingerprint density at radius 1 is 0.891 bits per heavy atom. The van der Waals surface area contributed by atoms with Crippen LogP contribution in [0.3, 0.4) is 0 Å². The van der Waals surface area contributed by atoms with Gasteiger partial charge in [-0.15, -0.1) is 0 Å². The van der Waals surface area contributed by atoms with Crippen LogP contribution in [0.15, 0.2) is 114 Å². The number of rotatable bonds is 8. The van der Waals surface area contributed by atoms with Gasteiger partial charge in [0.2, 0.25) is 5.91 Å². The Labute approximate surface area is 267 Å². The number of likely N-dealkylation sites (tertiary alicyclic amines) is 1. The number of sulfone groups is 1. The number of aliphatic hydroxyl groups is 1. The standard InChI is InChI=1S/C37H34N4O4S/c42-29-17-19-41(20-18-29)23-34(43)39-28-14-12-26(13-15-28)32-22-38-37-36(35(32)27-7-3-1-4-8-27)31-21-25(11-16-33(31)40-37)24-46(44,45)30-9-5-2-6-10-30/h1-16,21-22,29,42H,17-20,23-24H2,(H,38,40)(H,39,43). The molecule has 232 valence electrons. The molecule has 4 aromatic carbocycles. The molecule has 3 N–H and O–H groups in total. The number of carbonyl (C=O) groups is 1. The van der Waals surface area contributed by atoms with E-state index in [-0.39, 0.29) is 17.8 Å². The highest BCUT2D eigenvalue weighted by Crippen LogP contribution is 2.41. The van der Waals surface area contributed by atoms with Gasteiger partial charge < -0.3 is 15.4 Å². The zero-order valence-electron chi connectivity index (χ0n) is 25.2. The molecule has 3 heterocycles. The summed E-state index contributed by atoms with van der Waals surface area (Å²) in [5.41, 5.74) is 6.86. The van der Waals surface area contributed by atoms with E-state index in [1.54, 1.807) is 30.3 Å². The van der Waals surface area contributed by atoms with E-state index in [4.69, 9.17) is 4.98 Å². The third kappa shape index (κ3) is 6.17. The van der Waals surface area contributed by atoms with E-state index in [9.17, 15) is 18.3 Å². The first kappa shape index (κ1) is 29.9. The van der Waals surface area contributed by atoms with E-state index in [2.05, 4.69) is 27.3 Å². The van der Waals surface area contributed by atoms with Crippen molar-refractivity contribution < 1.29 is 18.3 Å². The number of hydrogen-bond donors (Lipinski definition) is 3. The van der Waals surface area contributed by atoms with E-state index >= 15 is 0 Å².